The van der Waals surface area contributed by atoms with Crippen LogP contribution in [0.2, 0.25) is 0 Å². The van der Waals surface area contributed by atoms with Crippen molar-refractivity contribution in [3.8, 4) is 0 Å². The number of anilines is 1. The van der Waals surface area contributed by atoms with E-state index in [1.54, 1.807) is 58.9 Å². The first-order valence-corrected chi connectivity index (χ1v) is 15.0. The summed E-state index contributed by atoms with van der Waals surface area (Å²) in [5.74, 6) is -4.17. The molecule has 0 spiro atoms. The SMILES string of the molecule is CC(C)C(NC(=O)CCCCCN1C(=O)C=CC1=O)C(=O)N[C@@H](CCC(=O)O)C(=O)Nc1ccc(COC(=O)C(C)(C)C)cc1. The number of carboxylic acids is 1. The molecule has 4 N–H and O–H groups in total. The average Bonchev–Trinajstić information content (AvgIpc) is 3.28. The summed E-state index contributed by atoms with van der Waals surface area (Å²) in [6, 6.07) is 4.38. The molecular formula is C32H44N4O9. The Hall–Kier alpha value is -4.55. The highest BCUT2D eigenvalue weighted by Crippen LogP contribution is 2.18. The molecule has 0 radical (unpaired) electrons. The number of esters is 1. The average molecular weight is 629 g/mol. The van der Waals surface area contributed by atoms with Crippen LogP contribution in [0.5, 0.6) is 0 Å². The van der Waals surface area contributed by atoms with Gasteiger partial charge in [-0.1, -0.05) is 32.4 Å². The summed E-state index contributed by atoms with van der Waals surface area (Å²) < 4.78 is 5.29. The molecule has 0 aromatic heterocycles. The van der Waals surface area contributed by atoms with Crippen molar-refractivity contribution in [3.63, 3.8) is 0 Å². The van der Waals surface area contributed by atoms with Crippen molar-refractivity contribution in [2.45, 2.75) is 91.8 Å². The van der Waals surface area contributed by atoms with E-state index in [0.717, 1.165) is 4.90 Å². The number of carbonyl (C=O) groups is 7. The Morgan fingerprint density at radius 1 is 0.867 bits per heavy atom. The first kappa shape index (κ1) is 36.6. The van der Waals surface area contributed by atoms with Crippen LogP contribution < -0.4 is 16.0 Å². The van der Waals surface area contributed by atoms with Crippen molar-refractivity contribution in [2.75, 3.05) is 11.9 Å². The van der Waals surface area contributed by atoms with E-state index in [0.29, 0.717) is 30.5 Å². The number of carboxylic acid groups (broad SMARTS) is 1. The van der Waals surface area contributed by atoms with E-state index in [9.17, 15) is 38.7 Å². The summed E-state index contributed by atoms with van der Waals surface area (Å²) in [6.07, 6.45) is 3.60. The normalized spacial score (nSPS) is 14.2. The molecule has 0 aliphatic carbocycles. The molecule has 1 aromatic carbocycles. The third-order valence-electron chi connectivity index (χ3n) is 6.94. The lowest BCUT2D eigenvalue weighted by atomic mass is 9.97. The quantitative estimate of drug-likeness (QED) is 0.114. The highest BCUT2D eigenvalue weighted by molar-refractivity contribution is 6.12. The molecule has 246 valence electrons. The number of rotatable bonds is 17. The summed E-state index contributed by atoms with van der Waals surface area (Å²) in [7, 11) is 0. The Bertz CT molecular complexity index is 1260. The van der Waals surface area contributed by atoms with Crippen LogP contribution in [0, 0.1) is 11.3 Å². The van der Waals surface area contributed by atoms with Gasteiger partial charge >= 0.3 is 11.9 Å². The number of nitrogens with zero attached hydrogens (tertiary/aromatic N) is 1. The highest BCUT2D eigenvalue weighted by Gasteiger charge is 2.29. The Morgan fingerprint density at radius 3 is 2.04 bits per heavy atom. The molecule has 0 bridgehead atoms. The van der Waals surface area contributed by atoms with Crippen LogP contribution in [0.3, 0.4) is 0 Å². The van der Waals surface area contributed by atoms with Crippen LogP contribution in [0.4, 0.5) is 5.69 Å². The maximum atomic E-state index is 13.2. The van der Waals surface area contributed by atoms with Crippen LogP contribution in [-0.2, 0) is 44.9 Å². The number of aliphatic carboxylic acids is 1. The van der Waals surface area contributed by atoms with Crippen LogP contribution in [0.15, 0.2) is 36.4 Å². The summed E-state index contributed by atoms with van der Waals surface area (Å²) in [5.41, 5.74) is 0.453. The number of carbonyl (C=O) groups excluding carboxylic acids is 6. The number of benzene rings is 1. The summed E-state index contributed by atoms with van der Waals surface area (Å²) in [4.78, 5) is 86.5. The van der Waals surface area contributed by atoms with Gasteiger partial charge in [0.1, 0.15) is 18.7 Å². The first-order valence-electron chi connectivity index (χ1n) is 15.0. The van der Waals surface area contributed by atoms with Crippen molar-refractivity contribution < 1.29 is 43.4 Å². The van der Waals surface area contributed by atoms with E-state index in [-0.39, 0.29) is 62.0 Å². The fourth-order valence-electron chi connectivity index (χ4n) is 4.24. The van der Waals surface area contributed by atoms with Gasteiger partial charge < -0.3 is 25.8 Å². The molecule has 2 rings (SSSR count). The maximum absolute atomic E-state index is 13.2. The minimum atomic E-state index is -1.19. The van der Waals surface area contributed by atoms with Crippen molar-refractivity contribution >= 4 is 47.2 Å². The zero-order valence-corrected chi connectivity index (χ0v) is 26.5. The van der Waals surface area contributed by atoms with Crippen molar-refractivity contribution in [3.05, 3.63) is 42.0 Å². The lowest BCUT2D eigenvalue weighted by molar-refractivity contribution is -0.154. The maximum Gasteiger partial charge on any atom is 0.311 e. The minimum Gasteiger partial charge on any atom is -0.481 e. The van der Waals surface area contributed by atoms with Gasteiger partial charge in [-0.25, -0.2) is 0 Å². The number of ether oxygens (including phenoxy) is 1. The molecule has 0 saturated carbocycles. The Kier molecular flexibility index (Phi) is 13.9. The molecule has 1 aromatic rings. The molecule has 2 atom stereocenters. The predicted molar refractivity (Wildman–Crippen MR) is 164 cm³/mol. The second-order valence-electron chi connectivity index (χ2n) is 12.3. The van der Waals surface area contributed by atoms with Gasteiger partial charge in [-0.05, 0) is 63.6 Å². The lowest BCUT2D eigenvalue weighted by Gasteiger charge is -2.25. The Morgan fingerprint density at radius 2 is 1.49 bits per heavy atom. The first-order chi connectivity index (χ1) is 21.1. The summed E-state index contributed by atoms with van der Waals surface area (Å²) >= 11 is 0. The van der Waals surface area contributed by atoms with Gasteiger partial charge in [-0.15, -0.1) is 0 Å². The van der Waals surface area contributed by atoms with E-state index in [2.05, 4.69) is 16.0 Å². The fraction of sp³-hybridized carbons (Fsp3) is 0.531. The highest BCUT2D eigenvalue weighted by atomic mass is 16.5. The van der Waals surface area contributed by atoms with Gasteiger partial charge in [-0.2, -0.15) is 0 Å². The second kappa shape index (κ2) is 17.1. The number of unbranched alkanes of at least 4 members (excludes halogenated alkanes) is 2. The molecule has 1 aliphatic heterocycles. The van der Waals surface area contributed by atoms with Crippen molar-refractivity contribution in [2.24, 2.45) is 11.3 Å². The van der Waals surface area contributed by atoms with Crippen LogP contribution in [0.1, 0.15) is 78.7 Å². The summed E-state index contributed by atoms with van der Waals surface area (Å²) in [6.45, 7) is 9.03. The third kappa shape index (κ3) is 12.5. The fourth-order valence-corrected chi connectivity index (χ4v) is 4.24. The molecule has 1 unspecified atom stereocenters. The molecule has 13 nitrogen and oxygen atoms in total. The number of amides is 5. The monoisotopic (exact) mass is 628 g/mol. The molecule has 1 heterocycles. The Balaban J connectivity index is 1.92. The van der Waals surface area contributed by atoms with E-state index >= 15 is 0 Å². The van der Waals surface area contributed by atoms with Gasteiger partial charge in [0.15, 0.2) is 0 Å². The predicted octanol–water partition coefficient (Wildman–Crippen LogP) is 2.69. The van der Waals surface area contributed by atoms with Crippen molar-refractivity contribution in [1.29, 1.82) is 0 Å². The van der Waals surface area contributed by atoms with Gasteiger partial charge in [0.2, 0.25) is 17.7 Å². The van der Waals surface area contributed by atoms with Crippen LogP contribution in [-0.4, -0.2) is 70.1 Å². The molecule has 1 aliphatic rings. The van der Waals surface area contributed by atoms with Gasteiger partial charge in [0, 0.05) is 37.2 Å². The number of hydrogen-bond donors (Lipinski definition) is 4. The number of imide groups is 1. The van der Waals surface area contributed by atoms with E-state index in [1.807, 2.05) is 0 Å². The number of hydrogen-bond acceptors (Lipinski definition) is 8. The zero-order valence-electron chi connectivity index (χ0n) is 26.5. The van der Waals surface area contributed by atoms with Crippen LogP contribution in [0.25, 0.3) is 0 Å². The van der Waals surface area contributed by atoms with Gasteiger partial charge in [0.05, 0.1) is 5.41 Å². The smallest absolute Gasteiger partial charge is 0.311 e. The van der Waals surface area contributed by atoms with Gasteiger partial charge in [0.25, 0.3) is 11.8 Å². The Labute approximate surface area is 263 Å². The van der Waals surface area contributed by atoms with E-state index in [1.165, 1.54) is 12.2 Å². The summed E-state index contributed by atoms with van der Waals surface area (Å²) in [5, 5.41) is 17.1. The molecule has 0 saturated heterocycles. The topological polar surface area (TPSA) is 188 Å². The second-order valence-corrected chi connectivity index (χ2v) is 12.3. The standard InChI is InChI=1S/C32H44N4O9/c1-20(2)28(35-24(37)9-7-6-8-18-36-25(38)15-16-26(36)39)30(43)34-23(14-17-27(40)41)29(42)33-22-12-10-21(11-13-22)19-45-31(44)32(3,4)5/h10-13,15-16,20,23,28H,6-9,14,17-19H2,1-5H3,(H,33,42)(H,34,43)(H,35,37)(H,40,41)/t23-,28?/m0/s1. The lowest BCUT2D eigenvalue weighted by Crippen LogP contribution is -2.54. The molecule has 0 fully saturated rings. The van der Waals surface area contributed by atoms with E-state index < -0.39 is 35.3 Å². The largest absolute Gasteiger partial charge is 0.481 e. The third-order valence-corrected chi connectivity index (χ3v) is 6.94. The molecule has 13 heteroatoms. The molecule has 5 amide bonds. The van der Waals surface area contributed by atoms with E-state index in [4.69, 9.17) is 4.74 Å². The number of nitrogens with one attached hydrogen (secondary N) is 3. The van der Waals surface area contributed by atoms with Gasteiger partial charge in [-0.3, -0.25) is 38.5 Å². The zero-order chi connectivity index (χ0) is 33.7. The minimum absolute atomic E-state index is 0.0578. The molecule has 45 heavy (non-hydrogen) atoms. The van der Waals surface area contributed by atoms with Crippen LogP contribution >= 0.6 is 0 Å². The molecular weight excluding hydrogens is 584 g/mol. The van der Waals surface area contributed by atoms with Crippen molar-refractivity contribution in [1.82, 2.24) is 15.5 Å².